The number of piperidine rings is 1. The van der Waals surface area contributed by atoms with Crippen LogP contribution in [0.2, 0.25) is 0 Å². The van der Waals surface area contributed by atoms with Crippen LogP contribution in [0.5, 0.6) is 0 Å². The standard InChI is InChI=1S/C19H39N5O/c1-4-20-19(22-16-17(3)24-12-14-25-15-13-24)21-9-6-18-7-10-23(5-2)11-8-18/h17-18H,4-16H2,1-3H3,(H2,20,21,22). The average Bonchev–Trinajstić information content (AvgIpc) is 2.67. The van der Waals surface area contributed by atoms with E-state index in [9.17, 15) is 0 Å². The molecule has 2 aliphatic rings. The molecule has 0 aromatic carbocycles. The molecule has 0 saturated carbocycles. The van der Waals surface area contributed by atoms with Gasteiger partial charge in [0.25, 0.3) is 0 Å². The van der Waals surface area contributed by atoms with Crippen LogP contribution in [-0.2, 0) is 4.74 Å². The molecule has 25 heavy (non-hydrogen) atoms. The SMILES string of the molecule is CCNC(=NCC(C)N1CCOCC1)NCCC1CCN(CC)CC1. The van der Waals surface area contributed by atoms with E-state index >= 15 is 0 Å². The zero-order valence-electron chi connectivity index (χ0n) is 16.6. The summed E-state index contributed by atoms with van der Waals surface area (Å²) in [7, 11) is 0. The molecule has 2 heterocycles. The summed E-state index contributed by atoms with van der Waals surface area (Å²) < 4.78 is 5.43. The van der Waals surface area contributed by atoms with Crippen molar-refractivity contribution in [3.05, 3.63) is 0 Å². The van der Waals surface area contributed by atoms with Crippen molar-refractivity contribution in [2.45, 2.75) is 46.1 Å². The Kier molecular flexibility index (Phi) is 9.58. The summed E-state index contributed by atoms with van der Waals surface area (Å²) in [6.07, 6.45) is 3.94. The number of nitrogens with one attached hydrogen (secondary N) is 2. The van der Waals surface area contributed by atoms with Gasteiger partial charge in [-0.05, 0) is 58.7 Å². The van der Waals surface area contributed by atoms with Crippen LogP contribution in [0.25, 0.3) is 0 Å². The molecule has 6 nitrogen and oxygen atoms in total. The van der Waals surface area contributed by atoms with E-state index in [1.165, 1.54) is 38.9 Å². The molecule has 6 heteroatoms. The maximum Gasteiger partial charge on any atom is 0.191 e. The molecule has 2 fully saturated rings. The third-order valence-corrected chi connectivity index (χ3v) is 5.53. The second-order valence-corrected chi connectivity index (χ2v) is 7.31. The summed E-state index contributed by atoms with van der Waals surface area (Å²) in [6.45, 7) is 16.9. The Morgan fingerprint density at radius 3 is 2.48 bits per heavy atom. The summed E-state index contributed by atoms with van der Waals surface area (Å²) in [6, 6.07) is 0.470. The Morgan fingerprint density at radius 1 is 1.12 bits per heavy atom. The largest absolute Gasteiger partial charge is 0.379 e. The van der Waals surface area contributed by atoms with Gasteiger partial charge in [0.05, 0.1) is 19.8 Å². The number of guanidine groups is 1. The summed E-state index contributed by atoms with van der Waals surface area (Å²) in [5.41, 5.74) is 0. The molecule has 1 unspecified atom stereocenters. The van der Waals surface area contributed by atoms with Gasteiger partial charge in [0.1, 0.15) is 0 Å². The van der Waals surface area contributed by atoms with Gasteiger partial charge in [-0.1, -0.05) is 6.92 Å². The first-order chi connectivity index (χ1) is 12.2. The molecule has 0 spiro atoms. The van der Waals surface area contributed by atoms with Crippen molar-refractivity contribution in [2.24, 2.45) is 10.9 Å². The highest BCUT2D eigenvalue weighted by molar-refractivity contribution is 5.79. The maximum absolute atomic E-state index is 5.43. The first-order valence-corrected chi connectivity index (χ1v) is 10.3. The smallest absolute Gasteiger partial charge is 0.191 e. The Hall–Kier alpha value is -0.850. The van der Waals surface area contributed by atoms with Crippen molar-refractivity contribution in [1.82, 2.24) is 20.4 Å². The van der Waals surface area contributed by atoms with Crippen molar-refractivity contribution in [3.8, 4) is 0 Å². The fraction of sp³-hybridized carbons (Fsp3) is 0.947. The van der Waals surface area contributed by atoms with Gasteiger partial charge in [0.15, 0.2) is 5.96 Å². The van der Waals surface area contributed by atoms with E-state index in [4.69, 9.17) is 9.73 Å². The predicted molar refractivity (Wildman–Crippen MR) is 105 cm³/mol. The lowest BCUT2D eigenvalue weighted by atomic mass is 9.93. The van der Waals surface area contributed by atoms with E-state index in [1.807, 2.05) is 0 Å². The van der Waals surface area contributed by atoms with Gasteiger partial charge in [-0.2, -0.15) is 0 Å². The van der Waals surface area contributed by atoms with Crippen LogP contribution in [0.4, 0.5) is 0 Å². The second-order valence-electron chi connectivity index (χ2n) is 7.31. The van der Waals surface area contributed by atoms with Crippen LogP contribution in [-0.4, -0.2) is 87.4 Å². The zero-order chi connectivity index (χ0) is 17.9. The minimum Gasteiger partial charge on any atom is -0.379 e. The number of hydrogen-bond acceptors (Lipinski definition) is 4. The van der Waals surface area contributed by atoms with E-state index in [-0.39, 0.29) is 0 Å². The van der Waals surface area contributed by atoms with Gasteiger partial charge >= 0.3 is 0 Å². The van der Waals surface area contributed by atoms with Gasteiger partial charge in [0, 0.05) is 32.2 Å². The molecule has 2 rings (SSSR count). The van der Waals surface area contributed by atoms with Gasteiger partial charge in [-0.15, -0.1) is 0 Å². The van der Waals surface area contributed by atoms with Crippen LogP contribution in [0, 0.1) is 5.92 Å². The first-order valence-electron chi connectivity index (χ1n) is 10.3. The molecule has 2 aliphatic heterocycles. The summed E-state index contributed by atoms with van der Waals surface area (Å²) in [5.74, 6) is 1.83. The molecule has 0 aromatic rings. The minimum absolute atomic E-state index is 0.470. The highest BCUT2D eigenvalue weighted by Gasteiger charge is 2.18. The molecular formula is C19H39N5O. The minimum atomic E-state index is 0.470. The lowest BCUT2D eigenvalue weighted by Gasteiger charge is -2.31. The number of rotatable bonds is 8. The lowest BCUT2D eigenvalue weighted by molar-refractivity contribution is 0.0220. The molecule has 0 amide bonds. The molecule has 2 N–H and O–H groups in total. The van der Waals surface area contributed by atoms with Crippen molar-refractivity contribution < 1.29 is 4.74 Å². The zero-order valence-corrected chi connectivity index (χ0v) is 16.6. The van der Waals surface area contributed by atoms with Gasteiger partial charge in [0.2, 0.25) is 0 Å². The van der Waals surface area contributed by atoms with E-state index in [0.29, 0.717) is 6.04 Å². The van der Waals surface area contributed by atoms with E-state index in [2.05, 4.69) is 41.2 Å². The molecule has 0 aromatic heterocycles. The third kappa shape index (κ3) is 7.50. The fourth-order valence-electron chi connectivity index (χ4n) is 3.68. The molecule has 0 radical (unpaired) electrons. The Bertz CT molecular complexity index is 376. The van der Waals surface area contributed by atoms with E-state index in [1.54, 1.807) is 0 Å². The quantitative estimate of drug-likeness (QED) is 0.510. The molecule has 2 saturated heterocycles. The molecule has 1 atom stereocenters. The number of hydrogen-bond donors (Lipinski definition) is 2. The third-order valence-electron chi connectivity index (χ3n) is 5.53. The monoisotopic (exact) mass is 353 g/mol. The normalized spacial score (nSPS) is 22.8. The average molecular weight is 354 g/mol. The van der Waals surface area contributed by atoms with Crippen molar-refractivity contribution >= 4 is 5.96 Å². The van der Waals surface area contributed by atoms with E-state index < -0.39 is 0 Å². The lowest BCUT2D eigenvalue weighted by Crippen LogP contribution is -2.44. The molecule has 0 bridgehead atoms. The van der Waals surface area contributed by atoms with Crippen LogP contribution in [0.1, 0.15) is 40.0 Å². The number of aliphatic imine (C=N–C) groups is 1. The molecule has 146 valence electrons. The van der Waals surface area contributed by atoms with Crippen molar-refractivity contribution in [2.75, 3.05) is 65.6 Å². The van der Waals surface area contributed by atoms with Crippen LogP contribution in [0.3, 0.4) is 0 Å². The fourth-order valence-corrected chi connectivity index (χ4v) is 3.68. The van der Waals surface area contributed by atoms with Crippen LogP contribution < -0.4 is 10.6 Å². The molecule has 0 aliphatic carbocycles. The van der Waals surface area contributed by atoms with Crippen LogP contribution in [0.15, 0.2) is 4.99 Å². The van der Waals surface area contributed by atoms with Crippen molar-refractivity contribution in [3.63, 3.8) is 0 Å². The summed E-state index contributed by atoms with van der Waals surface area (Å²) in [5, 5.41) is 6.92. The van der Waals surface area contributed by atoms with Gasteiger partial charge in [-0.25, -0.2) is 0 Å². The highest BCUT2D eigenvalue weighted by Crippen LogP contribution is 2.19. The van der Waals surface area contributed by atoms with Gasteiger partial charge in [-0.3, -0.25) is 9.89 Å². The van der Waals surface area contributed by atoms with E-state index in [0.717, 1.165) is 57.8 Å². The summed E-state index contributed by atoms with van der Waals surface area (Å²) in [4.78, 5) is 9.83. The van der Waals surface area contributed by atoms with Crippen molar-refractivity contribution in [1.29, 1.82) is 0 Å². The number of likely N-dealkylation sites (tertiary alicyclic amines) is 1. The second kappa shape index (κ2) is 11.7. The highest BCUT2D eigenvalue weighted by atomic mass is 16.5. The summed E-state index contributed by atoms with van der Waals surface area (Å²) >= 11 is 0. The van der Waals surface area contributed by atoms with Gasteiger partial charge < -0.3 is 20.3 Å². The molecular weight excluding hydrogens is 314 g/mol. The number of morpholine rings is 1. The number of nitrogens with zero attached hydrogens (tertiary/aromatic N) is 3. The predicted octanol–water partition coefficient (Wildman–Crippen LogP) is 1.38. The topological polar surface area (TPSA) is 52.1 Å². The Morgan fingerprint density at radius 2 is 1.84 bits per heavy atom. The Balaban J connectivity index is 1.68. The first kappa shape index (κ1) is 20.5. The number of ether oxygens (including phenoxy) is 1. The maximum atomic E-state index is 5.43. The Labute approximate surface area is 154 Å². The van der Waals surface area contributed by atoms with Crippen LogP contribution >= 0.6 is 0 Å².